The molecule has 3 nitrogen and oxygen atoms in total. The molecule has 1 aromatic carbocycles. The number of hydrogen-bond donors (Lipinski definition) is 1. The molecular formula is C17H22ClN3. The lowest BCUT2D eigenvalue weighted by Crippen LogP contribution is -2.14. The number of nitrogens with one attached hydrogen (secondary N) is 1. The van der Waals surface area contributed by atoms with E-state index in [0.717, 1.165) is 22.2 Å². The van der Waals surface area contributed by atoms with Gasteiger partial charge in [-0.15, -0.1) is 0 Å². The van der Waals surface area contributed by atoms with Crippen LogP contribution in [0.4, 0.5) is 5.95 Å². The van der Waals surface area contributed by atoms with Crippen LogP contribution in [0.2, 0.25) is 5.02 Å². The summed E-state index contributed by atoms with van der Waals surface area (Å²) in [5.74, 6) is 0.965. The van der Waals surface area contributed by atoms with Gasteiger partial charge in [-0.05, 0) is 38.3 Å². The minimum atomic E-state index is 0.139. The van der Waals surface area contributed by atoms with Gasteiger partial charge in [0.05, 0.1) is 11.7 Å². The van der Waals surface area contributed by atoms with E-state index in [1.54, 1.807) is 0 Å². The van der Waals surface area contributed by atoms with Crippen molar-refractivity contribution in [2.24, 2.45) is 0 Å². The Morgan fingerprint density at radius 3 is 2.71 bits per heavy atom. The number of anilines is 1. The largest absolute Gasteiger partial charge is 0.349 e. The summed E-state index contributed by atoms with van der Waals surface area (Å²) >= 11 is 6.29. The van der Waals surface area contributed by atoms with Crippen molar-refractivity contribution in [3.8, 4) is 0 Å². The smallest absolute Gasteiger partial charge is 0.203 e. The Morgan fingerprint density at radius 1 is 1.29 bits per heavy atom. The molecule has 1 aliphatic carbocycles. The first-order valence-electron chi connectivity index (χ1n) is 7.71. The maximum absolute atomic E-state index is 6.29. The lowest BCUT2D eigenvalue weighted by Gasteiger charge is -2.20. The summed E-state index contributed by atoms with van der Waals surface area (Å²) in [6.07, 6.45) is 7.32. The standard InChI is InChI=1S/C17H22ClN3/c1-12-11-21(14-7-3-4-8-14)17(19-12)20-13(2)15-9-5-6-10-16(15)18/h5-6,9-11,13-14H,3-4,7-8H2,1-2H3,(H,19,20). The van der Waals surface area contributed by atoms with E-state index < -0.39 is 0 Å². The van der Waals surface area contributed by atoms with Crippen molar-refractivity contribution in [2.45, 2.75) is 51.6 Å². The third-order valence-corrected chi connectivity index (χ3v) is 4.63. The van der Waals surface area contributed by atoms with E-state index in [9.17, 15) is 0 Å². The number of aryl methyl sites for hydroxylation is 1. The third-order valence-electron chi connectivity index (χ3n) is 4.29. The topological polar surface area (TPSA) is 29.9 Å². The molecule has 0 amide bonds. The fourth-order valence-corrected chi connectivity index (χ4v) is 3.48. The highest BCUT2D eigenvalue weighted by molar-refractivity contribution is 6.31. The Balaban J connectivity index is 1.83. The normalized spacial score (nSPS) is 17.1. The van der Waals surface area contributed by atoms with E-state index >= 15 is 0 Å². The molecule has 0 radical (unpaired) electrons. The number of aromatic nitrogens is 2. The van der Waals surface area contributed by atoms with Gasteiger partial charge in [-0.25, -0.2) is 4.98 Å². The zero-order valence-corrected chi connectivity index (χ0v) is 13.4. The molecule has 1 N–H and O–H groups in total. The first-order valence-corrected chi connectivity index (χ1v) is 8.09. The predicted octanol–water partition coefficient (Wildman–Crippen LogP) is 5.13. The van der Waals surface area contributed by atoms with Crippen LogP contribution in [-0.2, 0) is 0 Å². The molecule has 0 aliphatic heterocycles. The highest BCUT2D eigenvalue weighted by Gasteiger charge is 2.21. The van der Waals surface area contributed by atoms with Crippen LogP contribution >= 0.6 is 11.6 Å². The van der Waals surface area contributed by atoms with Crippen LogP contribution in [0.5, 0.6) is 0 Å². The predicted molar refractivity (Wildman–Crippen MR) is 88.0 cm³/mol. The van der Waals surface area contributed by atoms with Crippen LogP contribution < -0.4 is 5.32 Å². The molecule has 1 unspecified atom stereocenters. The summed E-state index contributed by atoms with van der Waals surface area (Å²) in [7, 11) is 0. The number of halogens is 1. The van der Waals surface area contributed by atoms with E-state index in [4.69, 9.17) is 11.6 Å². The molecular weight excluding hydrogens is 282 g/mol. The van der Waals surface area contributed by atoms with Crippen molar-refractivity contribution < 1.29 is 0 Å². The van der Waals surface area contributed by atoms with E-state index in [1.165, 1.54) is 25.7 Å². The fraction of sp³-hybridized carbons (Fsp3) is 0.471. The summed E-state index contributed by atoms with van der Waals surface area (Å²) in [5, 5.41) is 4.33. The SMILES string of the molecule is Cc1cn(C2CCCC2)c(NC(C)c2ccccc2Cl)n1. The van der Waals surface area contributed by atoms with Gasteiger partial charge in [-0.1, -0.05) is 42.6 Å². The van der Waals surface area contributed by atoms with Crippen LogP contribution in [0.3, 0.4) is 0 Å². The van der Waals surface area contributed by atoms with Crippen LogP contribution in [0.1, 0.15) is 55.9 Å². The minimum absolute atomic E-state index is 0.139. The van der Waals surface area contributed by atoms with Gasteiger partial charge in [0, 0.05) is 17.3 Å². The summed E-state index contributed by atoms with van der Waals surface area (Å²) in [5.41, 5.74) is 2.17. The number of hydrogen-bond acceptors (Lipinski definition) is 2. The maximum Gasteiger partial charge on any atom is 0.203 e. The van der Waals surface area contributed by atoms with E-state index in [1.807, 2.05) is 18.2 Å². The Hall–Kier alpha value is -1.48. The quantitative estimate of drug-likeness (QED) is 0.848. The molecule has 3 rings (SSSR count). The molecule has 1 aliphatic rings. The van der Waals surface area contributed by atoms with Crippen molar-refractivity contribution in [1.82, 2.24) is 9.55 Å². The summed E-state index contributed by atoms with van der Waals surface area (Å²) < 4.78 is 2.32. The van der Waals surface area contributed by atoms with E-state index in [2.05, 4.69) is 41.0 Å². The second-order valence-electron chi connectivity index (χ2n) is 5.94. The summed E-state index contributed by atoms with van der Waals surface area (Å²) in [4.78, 5) is 4.66. The van der Waals surface area contributed by atoms with Gasteiger partial charge in [0.2, 0.25) is 5.95 Å². The molecule has 0 bridgehead atoms. The molecule has 1 aromatic heterocycles. The minimum Gasteiger partial charge on any atom is -0.349 e. The first-order chi connectivity index (χ1) is 10.1. The highest BCUT2D eigenvalue weighted by Crippen LogP contribution is 2.33. The number of nitrogens with zero attached hydrogens (tertiary/aromatic N) is 2. The third kappa shape index (κ3) is 3.08. The van der Waals surface area contributed by atoms with Gasteiger partial charge >= 0.3 is 0 Å². The molecule has 0 spiro atoms. The van der Waals surface area contributed by atoms with Gasteiger partial charge in [0.15, 0.2) is 0 Å². The molecule has 21 heavy (non-hydrogen) atoms. The Kier molecular flexibility index (Phi) is 4.20. The molecule has 1 saturated carbocycles. The average Bonchev–Trinajstić information content (AvgIpc) is 3.08. The average molecular weight is 304 g/mol. The lowest BCUT2D eigenvalue weighted by atomic mass is 10.1. The lowest BCUT2D eigenvalue weighted by molar-refractivity contribution is 0.520. The number of benzene rings is 1. The van der Waals surface area contributed by atoms with E-state index in [-0.39, 0.29) is 6.04 Å². The van der Waals surface area contributed by atoms with Gasteiger partial charge in [-0.2, -0.15) is 0 Å². The molecule has 1 atom stereocenters. The number of imidazole rings is 1. The van der Waals surface area contributed by atoms with Gasteiger partial charge in [0.25, 0.3) is 0 Å². The van der Waals surface area contributed by atoms with Crippen molar-refractivity contribution in [3.05, 3.63) is 46.7 Å². The Labute approximate surface area is 131 Å². The van der Waals surface area contributed by atoms with Gasteiger partial charge < -0.3 is 9.88 Å². The Bertz CT molecular complexity index is 614. The maximum atomic E-state index is 6.29. The van der Waals surface area contributed by atoms with Crippen LogP contribution in [0, 0.1) is 6.92 Å². The van der Waals surface area contributed by atoms with Gasteiger partial charge in [0.1, 0.15) is 0 Å². The molecule has 1 heterocycles. The van der Waals surface area contributed by atoms with Crippen molar-refractivity contribution >= 4 is 17.5 Å². The van der Waals surface area contributed by atoms with Crippen molar-refractivity contribution in [2.75, 3.05) is 5.32 Å². The molecule has 112 valence electrons. The van der Waals surface area contributed by atoms with E-state index in [0.29, 0.717) is 6.04 Å². The molecule has 4 heteroatoms. The monoisotopic (exact) mass is 303 g/mol. The zero-order valence-electron chi connectivity index (χ0n) is 12.6. The number of rotatable bonds is 4. The molecule has 2 aromatic rings. The second-order valence-corrected chi connectivity index (χ2v) is 6.35. The molecule has 1 fully saturated rings. The van der Waals surface area contributed by atoms with Gasteiger partial charge in [-0.3, -0.25) is 0 Å². The van der Waals surface area contributed by atoms with Crippen molar-refractivity contribution in [3.63, 3.8) is 0 Å². The zero-order chi connectivity index (χ0) is 14.8. The fourth-order valence-electron chi connectivity index (χ4n) is 3.18. The highest BCUT2D eigenvalue weighted by atomic mass is 35.5. The van der Waals surface area contributed by atoms with Crippen LogP contribution in [0.25, 0.3) is 0 Å². The van der Waals surface area contributed by atoms with Crippen LogP contribution in [-0.4, -0.2) is 9.55 Å². The van der Waals surface area contributed by atoms with Crippen LogP contribution in [0.15, 0.2) is 30.5 Å². The summed E-state index contributed by atoms with van der Waals surface area (Å²) in [6.45, 7) is 4.18. The molecule has 0 saturated heterocycles. The second kappa shape index (κ2) is 6.10. The first kappa shape index (κ1) is 14.5. The van der Waals surface area contributed by atoms with Crippen molar-refractivity contribution in [1.29, 1.82) is 0 Å². The Morgan fingerprint density at radius 2 is 2.00 bits per heavy atom. The summed E-state index contributed by atoms with van der Waals surface area (Å²) in [6, 6.07) is 8.71.